The van der Waals surface area contributed by atoms with E-state index < -0.39 is 46.5 Å². The van der Waals surface area contributed by atoms with E-state index >= 15 is 0 Å². The van der Waals surface area contributed by atoms with E-state index in [1.807, 2.05) is 91.0 Å². The van der Waals surface area contributed by atoms with Crippen LogP contribution in [0.3, 0.4) is 0 Å². The van der Waals surface area contributed by atoms with Crippen molar-refractivity contribution >= 4 is 69.4 Å². The van der Waals surface area contributed by atoms with Crippen molar-refractivity contribution in [2.75, 3.05) is 24.1 Å². The number of alkyl halides is 1. The number of ether oxygens (including phenoxy) is 3. The Labute approximate surface area is 359 Å². The number of β-lactam (4-membered cyclic amide) rings is 1. The maximum Gasteiger partial charge on any atom is 0.413 e. The van der Waals surface area contributed by atoms with Crippen LogP contribution >= 0.6 is 34.7 Å². The van der Waals surface area contributed by atoms with Gasteiger partial charge in [-0.2, -0.15) is 0 Å². The average Bonchev–Trinajstić information content (AvgIpc) is 3.71. The second kappa shape index (κ2) is 18.0. The fourth-order valence-corrected chi connectivity index (χ4v) is 8.97. The van der Waals surface area contributed by atoms with Crippen LogP contribution in [0.4, 0.5) is 9.93 Å². The van der Waals surface area contributed by atoms with Gasteiger partial charge in [0, 0.05) is 33.7 Å². The van der Waals surface area contributed by atoms with Crippen LogP contribution in [-0.2, 0) is 29.6 Å². The highest BCUT2D eigenvalue weighted by atomic mass is 35.5. The van der Waals surface area contributed by atoms with Crippen LogP contribution in [0.1, 0.15) is 43.2 Å². The molecule has 0 spiro atoms. The normalized spacial score (nSPS) is 16.6. The molecule has 16 heteroatoms. The lowest BCUT2D eigenvalue weighted by Gasteiger charge is -2.49. The van der Waals surface area contributed by atoms with Gasteiger partial charge in [0.2, 0.25) is 5.60 Å². The van der Waals surface area contributed by atoms with Crippen molar-refractivity contribution in [1.29, 1.82) is 0 Å². The molecule has 0 bridgehead atoms. The summed E-state index contributed by atoms with van der Waals surface area (Å²) in [6.45, 7) is 5.20. The molecule has 4 aromatic carbocycles. The minimum absolute atomic E-state index is 0.0167. The number of hydrogen-bond donors (Lipinski definition) is 2. The average molecular weight is 866 g/mol. The quantitative estimate of drug-likeness (QED) is 0.0229. The van der Waals surface area contributed by atoms with Gasteiger partial charge in [-0.15, -0.1) is 34.7 Å². The zero-order chi connectivity index (χ0) is 42.4. The van der Waals surface area contributed by atoms with Crippen LogP contribution < -0.4 is 20.1 Å². The number of carbonyl (C=O) groups is 4. The molecule has 7 rings (SSSR count). The van der Waals surface area contributed by atoms with Gasteiger partial charge >= 0.3 is 12.1 Å². The number of aromatic nitrogens is 1. The van der Waals surface area contributed by atoms with Crippen LogP contribution in [-0.4, -0.2) is 75.2 Å². The van der Waals surface area contributed by atoms with Crippen molar-refractivity contribution < 1.29 is 38.2 Å². The summed E-state index contributed by atoms with van der Waals surface area (Å²) in [4.78, 5) is 67.3. The van der Waals surface area contributed by atoms with E-state index in [1.54, 1.807) is 45.0 Å². The van der Waals surface area contributed by atoms with Crippen molar-refractivity contribution in [3.05, 3.63) is 154 Å². The third-order valence-electron chi connectivity index (χ3n) is 9.34. The molecule has 1 aromatic heterocycles. The Kier molecular flexibility index (Phi) is 12.6. The minimum Gasteiger partial charge on any atom is -0.497 e. The van der Waals surface area contributed by atoms with Gasteiger partial charge in [-0.25, -0.2) is 14.6 Å². The van der Waals surface area contributed by atoms with Crippen molar-refractivity contribution in [3.63, 3.8) is 0 Å². The van der Waals surface area contributed by atoms with Gasteiger partial charge in [-0.05, 0) is 50.6 Å². The van der Waals surface area contributed by atoms with E-state index in [2.05, 4.69) is 20.8 Å². The number of benzene rings is 4. The lowest BCUT2D eigenvalue weighted by molar-refractivity contribution is -0.149. The summed E-state index contributed by atoms with van der Waals surface area (Å²) in [6, 6.07) is 33.7. The fourth-order valence-electron chi connectivity index (χ4n) is 6.61. The van der Waals surface area contributed by atoms with Crippen molar-refractivity contribution in [1.82, 2.24) is 15.2 Å². The molecule has 2 N–H and O–H groups in total. The number of anilines is 1. The summed E-state index contributed by atoms with van der Waals surface area (Å²) in [5.74, 6) is -0.992. The highest BCUT2D eigenvalue weighted by Crippen LogP contribution is 2.43. The molecule has 0 radical (unpaired) electrons. The molecule has 0 saturated carbocycles. The van der Waals surface area contributed by atoms with Crippen molar-refractivity contribution in [2.24, 2.45) is 5.16 Å². The number of esters is 1. The first-order chi connectivity index (χ1) is 28.9. The Morgan fingerprint density at radius 1 is 0.867 bits per heavy atom. The zero-order valence-electron chi connectivity index (χ0n) is 32.9. The Balaban J connectivity index is 1.23. The van der Waals surface area contributed by atoms with Gasteiger partial charge in [0.1, 0.15) is 39.9 Å². The molecular weight excluding hydrogens is 826 g/mol. The Hall–Kier alpha value is -6.16. The van der Waals surface area contributed by atoms with E-state index in [0.29, 0.717) is 17.1 Å². The van der Waals surface area contributed by atoms with E-state index in [-0.39, 0.29) is 33.9 Å². The Morgan fingerprint density at radius 3 is 1.97 bits per heavy atom. The number of thiazole rings is 1. The number of rotatable bonds is 13. The number of nitrogens with one attached hydrogen (secondary N) is 2. The molecule has 1 saturated heterocycles. The lowest BCUT2D eigenvalue weighted by Crippen LogP contribution is -2.71. The highest BCUT2D eigenvalue weighted by Gasteiger charge is 2.55. The standard InChI is InChI=1S/C44H40ClN5O8S2/c1-43(2,3)57-42(54)48-41-46-33(26-60-41)34(49-58-44(28-14-8-5-9-15-28,29-16-10-6-11-17-29)30-18-12-7-13-19-30)37(51)47-35-38(52)50-36(27(24-45)25-59-39(35)50)40(53)56-32-22-20-31(55-4)21-23-32/h5-23,26,35,39H,24-25H2,1-4H3,(H,47,51)(H,46,48,54)/b49-34-/t35-,39-/m1/s1. The van der Waals surface area contributed by atoms with Gasteiger partial charge in [0.15, 0.2) is 10.8 Å². The summed E-state index contributed by atoms with van der Waals surface area (Å²) in [5, 5.41) is 11.0. The zero-order valence-corrected chi connectivity index (χ0v) is 35.3. The number of oxime groups is 1. The number of amides is 3. The summed E-state index contributed by atoms with van der Waals surface area (Å²) in [6.07, 6.45) is -0.737. The van der Waals surface area contributed by atoms with E-state index in [4.69, 9.17) is 30.6 Å². The van der Waals surface area contributed by atoms with Crippen LogP contribution in [0.5, 0.6) is 11.5 Å². The number of halogens is 1. The highest BCUT2D eigenvalue weighted by molar-refractivity contribution is 8.00. The van der Waals surface area contributed by atoms with Gasteiger partial charge in [0.25, 0.3) is 11.8 Å². The molecule has 2 aliphatic rings. The second-order valence-electron chi connectivity index (χ2n) is 14.5. The van der Waals surface area contributed by atoms with Gasteiger partial charge in [0.05, 0.1) is 7.11 Å². The second-order valence-corrected chi connectivity index (χ2v) is 16.7. The van der Waals surface area contributed by atoms with E-state index in [9.17, 15) is 19.2 Å². The SMILES string of the molecule is COc1ccc(OC(=O)C2=C(CCl)CS[C@@H]3[C@H](NC(=O)/C(=N\OC(c4ccccc4)(c4ccccc4)c4ccccc4)c4csc(NC(=O)OC(C)(C)C)n4)C(=O)N23)cc1. The molecule has 13 nitrogen and oxygen atoms in total. The van der Waals surface area contributed by atoms with Crippen molar-refractivity contribution in [2.45, 2.75) is 43.4 Å². The van der Waals surface area contributed by atoms with Crippen LogP contribution in [0.15, 0.2) is 137 Å². The summed E-state index contributed by atoms with van der Waals surface area (Å²) >= 11 is 8.66. The molecule has 2 aliphatic heterocycles. The third kappa shape index (κ3) is 8.88. The summed E-state index contributed by atoms with van der Waals surface area (Å²) in [7, 11) is 1.52. The predicted octanol–water partition coefficient (Wildman–Crippen LogP) is 7.71. The molecule has 0 aliphatic carbocycles. The molecule has 3 heterocycles. The Bertz CT molecular complexity index is 2330. The maximum absolute atomic E-state index is 14.6. The minimum atomic E-state index is -1.37. The first kappa shape index (κ1) is 42.0. The summed E-state index contributed by atoms with van der Waals surface area (Å²) in [5.41, 5.74) is 0.324. The third-order valence-corrected chi connectivity index (χ3v) is 11.8. The number of fused-ring (bicyclic) bond motifs is 1. The number of carbonyl (C=O) groups excluding carboxylic acids is 4. The molecule has 3 amide bonds. The maximum atomic E-state index is 14.6. The van der Waals surface area contributed by atoms with Crippen molar-refractivity contribution in [3.8, 4) is 11.5 Å². The number of methoxy groups -OCH3 is 1. The molecule has 0 unspecified atom stereocenters. The van der Waals surface area contributed by atoms with Gasteiger partial charge in [-0.1, -0.05) is 96.2 Å². The lowest BCUT2D eigenvalue weighted by atomic mass is 9.80. The molecule has 5 aromatic rings. The van der Waals surface area contributed by atoms with E-state index in [1.165, 1.54) is 29.2 Å². The number of nitrogens with zero attached hydrogens (tertiary/aromatic N) is 3. The number of hydrogen-bond acceptors (Lipinski definition) is 12. The predicted molar refractivity (Wildman–Crippen MR) is 230 cm³/mol. The Morgan fingerprint density at radius 2 is 1.43 bits per heavy atom. The van der Waals surface area contributed by atoms with Crippen LogP contribution in [0, 0.1) is 0 Å². The first-order valence-corrected chi connectivity index (χ1v) is 21.2. The molecule has 308 valence electrons. The molecular formula is C44H40ClN5O8S2. The van der Waals surface area contributed by atoms with Gasteiger partial charge < -0.3 is 24.4 Å². The number of thioether (sulfide) groups is 1. The van der Waals surface area contributed by atoms with Gasteiger partial charge in [-0.3, -0.25) is 19.8 Å². The molecule has 60 heavy (non-hydrogen) atoms. The van der Waals surface area contributed by atoms with E-state index in [0.717, 1.165) is 28.0 Å². The largest absolute Gasteiger partial charge is 0.497 e. The van der Waals surface area contributed by atoms with Crippen LogP contribution in [0.2, 0.25) is 0 Å². The topological polar surface area (TPSA) is 158 Å². The monoisotopic (exact) mass is 865 g/mol. The first-order valence-electron chi connectivity index (χ1n) is 18.7. The smallest absolute Gasteiger partial charge is 0.413 e. The van der Waals surface area contributed by atoms with Crippen LogP contribution in [0.25, 0.3) is 0 Å². The summed E-state index contributed by atoms with van der Waals surface area (Å²) < 4.78 is 16.2. The fraction of sp³-hybridized carbons (Fsp3) is 0.227. The molecule has 2 atom stereocenters. The molecule has 1 fully saturated rings.